The highest BCUT2D eigenvalue weighted by molar-refractivity contribution is 5.87. The molecule has 1 saturated carbocycles. The number of benzene rings is 1. The molecule has 3 rings (SSSR count). The maximum absolute atomic E-state index is 12.7. The summed E-state index contributed by atoms with van der Waals surface area (Å²) < 4.78 is 0. The van der Waals surface area contributed by atoms with Crippen LogP contribution in [-0.4, -0.2) is 36.5 Å². The van der Waals surface area contributed by atoms with E-state index in [0.29, 0.717) is 18.0 Å². The fourth-order valence-electron chi connectivity index (χ4n) is 3.86. The van der Waals surface area contributed by atoms with E-state index in [1.54, 1.807) is 0 Å². The zero-order valence-electron chi connectivity index (χ0n) is 13.1. The predicted octanol–water partition coefficient (Wildman–Crippen LogP) is 2.71. The van der Waals surface area contributed by atoms with Crippen LogP contribution in [0.1, 0.15) is 49.7 Å². The quantitative estimate of drug-likeness (QED) is 0.923. The number of hydrogen-bond donors (Lipinski definition) is 1. The first-order valence-electron chi connectivity index (χ1n) is 8.28. The summed E-state index contributed by atoms with van der Waals surface area (Å²) in [6.45, 7) is 3.21. The van der Waals surface area contributed by atoms with Crippen LogP contribution in [0.25, 0.3) is 0 Å². The van der Waals surface area contributed by atoms with E-state index in [1.807, 2.05) is 18.0 Å². The Morgan fingerprint density at radius 1 is 1.24 bits per heavy atom. The second-order valence-electron chi connectivity index (χ2n) is 6.47. The van der Waals surface area contributed by atoms with Gasteiger partial charge in [-0.2, -0.15) is 0 Å². The highest BCUT2D eigenvalue weighted by Gasteiger charge is 2.36. The van der Waals surface area contributed by atoms with Gasteiger partial charge in [0, 0.05) is 19.1 Å². The second kappa shape index (κ2) is 6.18. The first-order chi connectivity index (χ1) is 10.2. The summed E-state index contributed by atoms with van der Waals surface area (Å²) in [4.78, 5) is 14.7. The minimum atomic E-state index is 0.109. The van der Waals surface area contributed by atoms with E-state index in [1.165, 1.54) is 24.0 Å². The normalized spacial score (nSPS) is 27.6. The van der Waals surface area contributed by atoms with Crippen LogP contribution in [0.4, 0.5) is 0 Å². The molecule has 3 heteroatoms. The van der Waals surface area contributed by atoms with Gasteiger partial charge < -0.3 is 10.2 Å². The minimum absolute atomic E-state index is 0.109. The molecule has 0 heterocycles. The van der Waals surface area contributed by atoms with Crippen molar-refractivity contribution in [1.29, 1.82) is 0 Å². The molecule has 0 aliphatic heterocycles. The lowest BCUT2D eigenvalue weighted by atomic mass is 9.76. The average molecular weight is 286 g/mol. The first-order valence-corrected chi connectivity index (χ1v) is 8.28. The van der Waals surface area contributed by atoms with Gasteiger partial charge in [0.25, 0.3) is 0 Å². The Balaban J connectivity index is 1.57. The summed E-state index contributed by atoms with van der Waals surface area (Å²) in [6, 6.07) is 9.43. The largest absolute Gasteiger partial charge is 0.342 e. The highest BCUT2D eigenvalue weighted by atomic mass is 16.2. The van der Waals surface area contributed by atoms with Crippen molar-refractivity contribution in [2.45, 2.75) is 57.0 Å². The molecule has 0 spiro atoms. The van der Waals surface area contributed by atoms with E-state index in [-0.39, 0.29) is 5.92 Å². The molecule has 0 bridgehead atoms. The summed E-state index contributed by atoms with van der Waals surface area (Å²) >= 11 is 0. The number of carbonyl (C=O) groups excluding carboxylic acids is 1. The molecular formula is C18H26N2O. The van der Waals surface area contributed by atoms with Gasteiger partial charge >= 0.3 is 0 Å². The highest BCUT2D eigenvalue weighted by Crippen LogP contribution is 2.37. The van der Waals surface area contributed by atoms with Crippen molar-refractivity contribution < 1.29 is 4.79 Å². The van der Waals surface area contributed by atoms with Crippen molar-refractivity contribution in [3.8, 4) is 0 Å². The van der Waals surface area contributed by atoms with Crippen LogP contribution in [0.3, 0.4) is 0 Å². The molecule has 1 amide bonds. The topological polar surface area (TPSA) is 32.3 Å². The van der Waals surface area contributed by atoms with Gasteiger partial charge in [-0.1, -0.05) is 31.2 Å². The molecule has 1 fully saturated rings. The third kappa shape index (κ3) is 2.84. The van der Waals surface area contributed by atoms with Crippen molar-refractivity contribution in [1.82, 2.24) is 10.2 Å². The van der Waals surface area contributed by atoms with Gasteiger partial charge in [-0.15, -0.1) is 0 Å². The molecule has 2 aliphatic carbocycles. The average Bonchev–Trinajstić information content (AvgIpc) is 2.49. The van der Waals surface area contributed by atoms with Gasteiger partial charge in [-0.3, -0.25) is 4.79 Å². The number of nitrogens with zero attached hydrogens (tertiary/aromatic N) is 1. The van der Waals surface area contributed by atoms with Crippen molar-refractivity contribution in [2.24, 2.45) is 0 Å². The second-order valence-corrected chi connectivity index (χ2v) is 6.47. The van der Waals surface area contributed by atoms with E-state index in [2.05, 4.69) is 30.4 Å². The number of fused-ring (bicyclic) bond motifs is 1. The van der Waals surface area contributed by atoms with E-state index < -0.39 is 0 Å². The number of rotatable bonds is 4. The smallest absolute Gasteiger partial charge is 0.230 e. The van der Waals surface area contributed by atoms with Gasteiger partial charge in [-0.25, -0.2) is 0 Å². The minimum Gasteiger partial charge on any atom is -0.342 e. The monoisotopic (exact) mass is 286 g/mol. The molecule has 0 radical (unpaired) electrons. The van der Waals surface area contributed by atoms with Gasteiger partial charge in [0.15, 0.2) is 0 Å². The SMILES string of the molecule is CCNC1CCC(N(C)C(=O)C2Cc3ccccc32)CC1. The van der Waals surface area contributed by atoms with Crippen molar-refractivity contribution in [2.75, 3.05) is 13.6 Å². The van der Waals surface area contributed by atoms with E-state index >= 15 is 0 Å². The molecule has 1 unspecified atom stereocenters. The van der Waals surface area contributed by atoms with Gasteiger partial charge in [0.05, 0.1) is 5.92 Å². The lowest BCUT2D eigenvalue weighted by molar-refractivity contribution is -0.134. The van der Waals surface area contributed by atoms with Gasteiger partial charge in [-0.05, 0) is 49.8 Å². The summed E-state index contributed by atoms with van der Waals surface area (Å²) in [5, 5.41) is 3.53. The number of amides is 1. The van der Waals surface area contributed by atoms with Crippen molar-refractivity contribution >= 4 is 5.91 Å². The molecular weight excluding hydrogens is 260 g/mol. The molecule has 2 aliphatic rings. The number of carbonyl (C=O) groups is 1. The summed E-state index contributed by atoms with van der Waals surface area (Å²) in [5.74, 6) is 0.429. The fourth-order valence-corrected chi connectivity index (χ4v) is 3.86. The van der Waals surface area contributed by atoms with Crippen LogP contribution in [0, 0.1) is 0 Å². The molecule has 21 heavy (non-hydrogen) atoms. The number of hydrogen-bond acceptors (Lipinski definition) is 2. The number of nitrogens with one attached hydrogen (secondary N) is 1. The molecule has 114 valence electrons. The zero-order chi connectivity index (χ0) is 14.8. The van der Waals surface area contributed by atoms with Crippen LogP contribution < -0.4 is 5.32 Å². The Hall–Kier alpha value is -1.35. The van der Waals surface area contributed by atoms with Crippen molar-refractivity contribution in [3.63, 3.8) is 0 Å². The predicted molar refractivity (Wildman–Crippen MR) is 85.4 cm³/mol. The van der Waals surface area contributed by atoms with E-state index in [0.717, 1.165) is 25.8 Å². The Labute approximate surface area is 127 Å². The number of likely N-dealkylation sites (N-methyl/N-ethyl adjacent to an activating group) is 1. The summed E-state index contributed by atoms with van der Waals surface area (Å²) in [5.41, 5.74) is 2.59. The van der Waals surface area contributed by atoms with Crippen LogP contribution >= 0.6 is 0 Å². The lowest BCUT2D eigenvalue weighted by Crippen LogP contribution is -2.46. The summed E-state index contributed by atoms with van der Waals surface area (Å²) in [7, 11) is 2.00. The van der Waals surface area contributed by atoms with Gasteiger partial charge in [0.1, 0.15) is 0 Å². The first kappa shape index (κ1) is 14.6. The molecule has 1 aromatic carbocycles. The Kier molecular flexibility index (Phi) is 4.29. The standard InChI is InChI=1S/C18H26N2O/c1-3-19-14-8-10-15(11-9-14)20(2)18(21)17-12-13-6-4-5-7-16(13)17/h4-7,14-15,17,19H,3,8-12H2,1-2H3. The van der Waals surface area contributed by atoms with Crippen LogP contribution in [-0.2, 0) is 11.2 Å². The third-order valence-corrected chi connectivity index (χ3v) is 5.24. The molecule has 0 saturated heterocycles. The van der Waals surface area contributed by atoms with Gasteiger partial charge in [0.2, 0.25) is 5.91 Å². The molecule has 0 aromatic heterocycles. The molecule has 1 atom stereocenters. The summed E-state index contributed by atoms with van der Waals surface area (Å²) in [6.07, 6.45) is 5.57. The zero-order valence-corrected chi connectivity index (χ0v) is 13.1. The van der Waals surface area contributed by atoms with Crippen molar-refractivity contribution in [3.05, 3.63) is 35.4 Å². The lowest BCUT2D eigenvalue weighted by Gasteiger charge is -2.39. The molecule has 1 N–H and O–H groups in total. The molecule has 3 nitrogen and oxygen atoms in total. The Bertz CT molecular complexity index is 506. The fraction of sp³-hybridized carbons (Fsp3) is 0.611. The van der Waals surface area contributed by atoms with Crippen LogP contribution in [0.2, 0.25) is 0 Å². The maximum Gasteiger partial charge on any atom is 0.230 e. The van der Waals surface area contributed by atoms with E-state index in [9.17, 15) is 4.79 Å². The molecule has 1 aromatic rings. The van der Waals surface area contributed by atoms with Crippen LogP contribution in [0.5, 0.6) is 0 Å². The maximum atomic E-state index is 12.7. The van der Waals surface area contributed by atoms with Crippen LogP contribution in [0.15, 0.2) is 24.3 Å². The Morgan fingerprint density at radius 3 is 2.62 bits per heavy atom. The van der Waals surface area contributed by atoms with E-state index in [4.69, 9.17) is 0 Å². The Morgan fingerprint density at radius 2 is 1.95 bits per heavy atom. The third-order valence-electron chi connectivity index (χ3n) is 5.24.